The minimum atomic E-state index is -0.589. The van der Waals surface area contributed by atoms with Crippen LogP contribution in [0, 0.1) is 0 Å². The highest BCUT2D eigenvalue weighted by Gasteiger charge is 2.16. The summed E-state index contributed by atoms with van der Waals surface area (Å²) in [4.78, 5) is 38.2. The van der Waals surface area contributed by atoms with Crippen LogP contribution in [0.5, 0.6) is 0 Å². The lowest BCUT2D eigenvalue weighted by atomic mass is 10.1. The number of benzene rings is 1. The molecule has 2 rings (SSSR count). The number of hydrogen-bond acceptors (Lipinski definition) is 4. The van der Waals surface area contributed by atoms with E-state index in [0.717, 1.165) is 0 Å². The van der Waals surface area contributed by atoms with E-state index in [1.165, 1.54) is 18.5 Å². The van der Waals surface area contributed by atoms with Gasteiger partial charge in [0.25, 0.3) is 5.91 Å². The molecule has 1 aromatic heterocycles. The third-order valence-corrected chi connectivity index (χ3v) is 2.74. The summed E-state index contributed by atoms with van der Waals surface area (Å²) in [5.41, 5.74) is 0.0975. The Morgan fingerprint density at radius 2 is 1.95 bits per heavy atom. The van der Waals surface area contributed by atoms with Gasteiger partial charge in [-0.1, -0.05) is 12.1 Å². The van der Waals surface area contributed by atoms with Gasteiger partial charge in [0.05, 0.1) is 17.9 Å². The van der Waals surface area contributed by atoms with Gasteiger partial charge in [0.15, 0.2) is 5.43 Å². The summed E-state index contributed by atoms with van der Waals surface area (Å²) in [7, 11) is 0. The van der Waals surface area contributed by atoms with Gasteiger partial charge in [-0.2, -0.15) is 0 Å². The molecule has 0 spiro atoms. The van der Waals surface area contributed by atoms with Crippen LogP contribution < -0.4 is 10.7 Å². The Balaban J connectivity index is 2.28. The molecule has 0 aliphatic rings. The molecule has 6 nitrogen and oxygen atoms in total. The lowest BCUT2D eigenvalue weighted by Gasteiger charge is -2.09. The van der Waals surface area contributed by atoms with Crippen molar-refractivity contribution in [2.75, 3.05) is 11.9 Å². The van der Waals surface area contributed by atoms with Gasteiger partial charge in [0, 0.05) is 18.5 Å². The Labute approximate surface area is 120 Å². The average Bonchev–Trinajstić information content (AvgIpc) is 2.48. The predicted molar refractivity (Wildman–Crippen MR) is 77.4 cm³/mol. The zero-order valence-electron chi connectivity index (χ0n) is 11.4. The van der Waals surface area contributed by atoms with E-state index in [-0.39, 0.29) is 17.7 Å². The first-order valence-electron chi connectivity index (χ1n) is 6.38. The van der Waals surface area contributed by atoms with Crippen LogP contribution in [0.1, 0.15) is 27.6 Å². The number of anilines is 1. The van der Waals surface area contributed by atoms with E-state index in [0.29, 0.717) is 5.69 Å². The molecule has 1 aromatic carbocycles. The second kappa shape index (κ2) is 6.51. The standard InChI is InChI=1S/C15H14N2O4/c1-2-21-15(20)10-5-3-4-6-12(10)17-14(19)11-9-16-8-7-13(11)18/h3-9H,2H2,1H3,(H,16,18)(H,17,19). The van der Waals surface area contributed by atoms with Crippen molar-refractivity contribution >= 4 is 17.6 Å². The number of para-hydroxylation sites is 1. The average molecular weight is 286 g/mol. The van der Waals surface area contributed by atoms with Gasteiger partial charge in [-0.25, -0.2) is 4.79 Å². The number of pyridine rings is 1. The summed E-state index contributed by atoms with van der Waals surface area (Å²) in [6, 6.07) is 7.71. The quantitative estimate of drug-likeness (QED) is 0.839. The van der Waals surface area contributed by atoms with Gasteiger partial charge in [-0.15, -0.1) is 0 Å². The van der Waals surface area contributed by atoms with Gasteiger partial charge in [0.2, 0.25) is 0 Å². The van der Waals surface area contributed by atoms with Gasteiger partial charge in [0.1, 0.15) is 5.56 Å². The van der Waals surface area contributed by atoms with Crippen molar-refractivity contribution in [2.24, 2.45) is 0 Å². The number of aromatic nitrogens is 1. The molecule has 0 fully saturated rings. The van der Waals surface area contributed by atoms with Crippen LogP contribution in [0.2, 0.25) is 0 Å². The highest BCUT2D eigenvalue weighted by Crippen LogP contribution is 2.16. The van der Waals surface area contributed by atoms with Crippen LogP contribution >= 0.6 is 0 Å². The molecule has 6 heteroatoms. The minimum Gasteiger partial charge on any atom is -0.462 e. The number of hydrogen-bond donors (Lipinski definition) is 2. The maximum absolute atomic E-state index is 12.1. The van der Waals surface area contributed by atoms with Crippen molar-refractivity contribution < 1.29 is 14.3 Å². The van der Waals surface area contributed by atoms with Crippen molar-refractivity contribution in [1.82, 2.24) is 4.98 Å². The second-order valence-corrected chi connectivity index (χ2v) is 4.14. The van der Waals surface area contributed by atoms with Crippen LogP contribution in [0.3, 0.4) is 0 Å². The Morgan fingerprint density at radius 3 is 2.67 bits per heavy atom. The number of rotatable bonds is 4. The fourth-order valence-corrected chi connectivity index (χ4v) is 1.76. The van der Waals surface area contributed by atoms with Gasteiger partial charge < -0.3 is 15.0 Å². The molecule has 108 valence electrons. The van der Waals surface area contributed by atoms with Gasteiger partial charge in [-0.3, -0.25) is 9.59 Å². The smallest absolute Gasteiger partial charge is 0.340 e. The topological polar surface area (TPSA) is 88.3 Å². The van der Waals surface area contributed by atoms with E-state index in [1.54, 1.807) is 31.2 Å². The number of carbonyl (C=O) groups is 2. The van der Waals surface area contributed by atoms with E-state index in [2.05, 4.69) is 10.3 Å². The summed E-state index contributed by atoms with van der Waals surface area (Å²) < 4.78 is 4.92. The third-order valence-electron chi connectivity index (χ3n) is 2.74. The van der Waals surface area contributed by atoms with E-state index in [9.17, 15) is 14.4 Å². The molecule has 0 aliphatic heterocycles. The number of nitrogens with one attached hydrogen (secondary N) is 2. The molecule has 0 unspecified atom stereocenters. The molecule has 0 radical (unpaired) electrons. The molecule has 2 N–H and O–H groups in total. The lowest BCUT2D eigenvalue weighted by molar-refractivity contribution is 0.0527. The Hall–Kier alpha value is -2.89. The first-order valence-corrected chi connectivity index (χ1v) is 6.38. The number of esters is 1. The number of H-pyrrole nitrogens is 1. The van der Waals surface area contributed by atoms with Gasteiger partial charge in [-0.05, 0) is 19.1 Å². The van der Waals surface area contributed by atoms with E-state index in [4.69, 9.17) is 4.74 Å². The van der Waals surface area contributed by atoms with E-state index in [1.807, 2.05) is 0 Å². The zero-order chi connectivity index (χ0) is 15.2. The molecule has 21 heavy (non-hydrogen) atoms. The normalized spacial score (nSPS) is 9.95. The van der Waals surface area contributed by atoms with Crippen LogP contribution in [0.25, 0.3) is 0 Å². The molecule has 0 atom stereocenters. The van der Waals surface area contributed by atoms with Crippen molar-refractivity contribution in [2.45, 2.75) is 6.92 Å². The molecular formula is C15H14N2O4. The predicted octanol–water partition coefficient (Wildman–Crippen LogP) is 1.80. The lowest BCUT2D eigenvalue weighted by Crippen LogP contribution is -2.22. The summed E-state index contributed by atoms with van der Waals surface area (Å²) in [6.45, 7) is 1.93. The SMILES string of the molecule is CCOC(=O)c1ccccc1NC(=O)c1c[nH]ccc1=O. The highest BCUT2D eigenvalue weighted by atomic mass is 16.5. The third kappa shape index (κ3) is 3.36. The first kappa shape index (κ1) is 14.5. The Bertz CT molecular complexity index is 721. The fourth-order valence-electron chi connectivity index (χ4n) is 1.76. The maximum atomic E-state index is 12.1. The van der Waals surface area contributed by atoms with Crippen molar-refractivity contribution in [1.29, 1.82) is 0 Å². The highest BCUT2D eigenvalue weighted by molar-refractivity contribution is 6.07. The largest absolute Gasteiger partial charge is 0.462 e. The minimum absolute atomic E-state index is 0.0313. The molecule has 0 bridgehead atoms. The van der Waals surface area contributed by atoms with Gasteiger partial charge >= 0.3 is 5.97 Å². The van der Waals surface area contributed by atoms with E-state index >= 15 is 0 Å². The van der Waals surface area contributed by atoms with Crippen LogP contribution in [-0.4, -0.2) is 23.5 Å². The molecule has 0 saturated carbocycles. The Morgan fingerprint density at radius 1 is 1.19 bits per heavy atom. The summed E-state index contributed by atoms with van der Waals surface area (Å²) >= 11 is 0. The number of amides is 1. The molecule has 0 aliphatic carbocycles. The number of ether oxygens (including phenoxy) is 1. The Kier molecular flexibility index (Phi) is 4.50. The van der Waals surface area contributed by atoms with E-state index < -0.39 is 17.3 Å². The molecular weight excluding hydrogens is 272 g/mol. The summed E-state index contributed by atoms with van der Waals surface area (Å²) in [5, 5.41) is 2.55. The van der Waals surface area contributed by atoms with Crippen LogP contribution in [0.15, 0.2) is 47.5 Å². The van der Waals surface area contributed by atoms with Crippen LogP contribution in [-0.2, 0) is 4.74 Å². The number of aromatic amines is 1. The van der Waals surface area contributed by atoms with Crippen molar-refractivity contribution in [3.05, 3.63) is 64.1 Å². The second-order valence-electron chi connectivity index (χ2n) is 4.14. The summed E-state index contributed by atoms with van der Waals surface area (Å²) in [5.74, 6) is -1.12. The fraction of sp³-hybridized carbons (Fsp3) is 0.133. The maximum Gasteiger partial charge on any atom is 0.340 e. The van der Waals surface area contributed by atoms with Crippen molar-refractivity contribution in [3.63, 3.8) is 0 Å². The number of carbonyl (C=O) groups excluding carboxylic acids is 2. The molecule has 1 amide bonds. The summed E-state index contributed by atoms with van der Waals surface area (Å²) in [6.07, 6.45) is 2.75. The zero-order valence-corrected chi connectivity index (χ0v) is 11.4. The molecule has 2 aromatic rings. The monoisotopic (exact) mass is 286 g/mol. The molecule has 1 heterocycles. The first-order chi connectivity index (χ1) is 10.1. The molecule has 0 saturated heterocycles. The van der Waals surface area contributed by atoms with Crippen molar-refractivity contribution in [3.8, 4) is 0 Å². The van der Waals surface area contributed by atoms with Crippen LogP contribution in [0.4, 0.5) is 5.69 Å².